The maximum absolute atomic E-state index is 5.77. The molecule has 0 bridgehead atoms. The molecule has 8 heteroatoms. The zero-order chi connectivity index (χ0) is 22.3. The zero-order valence-corrected chi connectivity index (χ0v) is 18.9. The molecule has 1 aliphatic heterocycles. The number of ether oxygens (including phenoxy) is 2. The van der Waals surface area contributed by atoms with E-state index in [2.05, 4.69) is 32.0 Å². The van der Waals surface area contributed by atoms with Crippen molar-refractivity contribution >= 4 is 5.95 Å². The Morgan fingerprint density at radius 3 is 2.75 bits per heavy atom. The van der Waals surface area contributed by atoms with Crippen LogP contribution in [0, 0.1) is 0 Å². The molecule has 0 amide bonds. The average molecular weight is 435 g/mol. The smallest absolute Gasteiger partial charge is 0.225 e. The maximum atomic E-state index is 5.77. The number of benzene rings is 1. The summed E-state index contributed by atoms with van der Waals surface area (Å²) in [7, 11) is 5.61. The quantitative estimate of drug-likeness (QED) is 0.476. The van der Waals surface area contributed by atoms with Gasteiger partial charge in [0.2, 0.25) is 5.95 Å². The summed E-state index contributed by atoms with van der Waals surface area (Å²) < 4.78 is 10.8. The first kappa shape index (κ1) is 22.1. The van der Waals surface area contributed by atoms with Crippen LogP contribution in [-0.4, -0.2) is 72.3 Å². The summed E-state index contributed by atoms with van der Waals surface area (Å²) in [4.78, 5) is 22.2. The molecular formula is C24H30N6O2. The van der Waals surface area contributed by atoms with Gasteiger partial charge in [0.15, 0.2) is 0 Å². The van der Waals surface area contributed by atoms with Crippen LogP contribution in [0.3, 0.4) is 0 Å². The lowest BCUT2D eigenvalue weighted by Crippen LogP contribution is -2.21. The molecule has 3 aromatic rings. The van der Waals surface area contributed by atoms with E-state index in [0.717, 1.165) is 54.6 Å². The van der Waals surface area contributed by atoms with E-state index in [9.17, 15) is 0 Å². The van der Waals surface area contributed by atoms with E-state index >= 15 is 0 Å². The Bertz CT molecular complexity index is 1010. The van der Waals surface area contributed by atoms with E-state index in [-0.39, 0.29) is 0 Å². The van der Waals surface area contributed by atoms with Crippen LogP contribution in [0.15, 0.2) is 49.2 Å². The lowest BCUT2D eigenvalue weighted by Gasteiger charge is -2.19. The number of aromatic nitrogens is 4. The van der Waals surface area contributed by atoms with Gasteiger partial charge in [-0.1, -0.05) is 12.1 Å². The van der Waals surface area contributed by atoms with Gasteiger partial charge in [-0.05, 0) is 30.7 Å². The summed E-state index contributed by atoms with van der Waals surface area (Å²) in [5, 5.41) is 0. The number of hydrogen-bond acceptors (Lipinski definition) is 8. The van der Waals surface area contributed by atoms with Gasteiger partial charge in [0, 0.05) is 69.9 Å². The van der Waals surface area contributed by atoms with Crippen molar-refractivity contribution in [3.05, 3.63) is 60.4 Å². The molecule has 3 heterocycles. The fraction of sp³-hybridized carbons (Fsp3) is 0.417. The predicted octanol–water partition coefficient (Wildman–Crippen LogP) is 3.01. The third-order valence-corrected chi connectivity index (χ3v) is 5.60. The second kappa shape index (κ2) is 10.5. The van der Waals surface area contributed by atoms with Gasteiger partial charge >= 0.3 is 0 Å². The maximum Gasteiger partial charge on any atom is 0.225 e. The van der Waals surface area contributed by atoms with Crippen LogP contribution in [0.25, 0.3) is 11.1 Å². The van der Waals surface area contributed by atoms with Crippen molar-refractivity contribution in [2.45, 2.75) is 18.9 Å². The van der Waals surface area contributed by atoms with Gasteiger partial charge in [-0.2, -0.15) is 0 Å². The Hall–Kier alpha value is -3.10. The third kappa shape index (κ3) is 5.38. The Morgan fingerprint density at radius 2 is 1.97 bits per heavy atom. The van der Waals surface area contributed by atoms with Crippen molar-refractivity contribution < 1.29 is 9.47 Å². The highest BCUT2D eigenvalue weighted by atomic mass is 16.5. The number of rotatable bonds is 9. The Morgan fingerprint density at radius 1 is 1.12 bits per heavy atom. The Labute approximate surface area is 189 Å². The summed E-state index contributed by atoms with van der Waals surface area (Å²) in [6, 6.07) is 8.30. The molecule has 2 aromatic heterocycles. The van der Waals surface area contributed by atoms with Crippen molar-refractivity contribution in [1.82, 2.24) is 24.8 Å². The van der Waals surface area contributed by atoms with Crippen LogP contribution in [0.2, 0.25) is 0 Å². The van der Waals surface area contributed by atoms with Crippen molar-refractivity contribution in [2.24, 2.45) is 0 Å². The number of anilines is 1. The van der Waals surface area contributed by atoms with E-state index in [1.54, 1.807) is 13.4 Å². The minimum Gasteiger partial charge on any atom is -0.491 e. The van der Waals surface area contributed by atoms with E-state index in [4.69, 9.17) is 14.5 Å². The van der Waals surface area contributed by atoms with Gasteiger partial charge in [0.1, 0.15) is 18.7 Å². The number of hydrogen-bond donors (Lipinski definition) is 0. The lowest BCUT2D eigenvalue weighted by molar-refractivity contribution is 0.146. The van der Waals surface area contributed by atoms with E-state index in [1.165, 1.54) is 5.56 Å². The van der Waals surface area contributed by atoms with Crippen LogP contribution in [0.5, 0.6) is 5.75 Å². The number of likely N-dealkylation sites (tertiary alicyclic amines) is 1. The Balaban J connectivity index is 1.49. The third-order valence-electron chi connectivity index (χ3n) is 5.60. The molecule has 1 atom stereocenters. The van der Waals surface area contributed by atoms with Crippen LogP contribution in [0.1, 0.15) is 23.6 Å². The minimum absolute atomic E-state index is 0.327. The monoisotopic (exact) mass is 434 g/mol. The van der Waals surface area contributed by atoms with Crippen LogP contribution in [-0.2, 0) is 11.3 Å². The highest BCUT2D eigenvalue weighted by Crippen LogP contribution is 2.34. The molecule has 1 fully saturated rings. The molecule has 1 saturated heterocycles. The van der Waals surface area contributed by atoms with Crippen molar-refractivity contribution in [3.8, 4) is 16.9 Å². The first-order valence-corrected chi connectivity index (χ1v) is 10.9. The molecule has 8 nitrogen and oxygen atoms in total. The normalized spacial score (nSPS) is 16.3. The molecule has 0 aliphatic carbocycles. The second-order valence-corrected chi connectivity index (χ2v) is 8.20. The van der Waals surface area contributed by atoms with Crippen molar-refractivity contribution in [1.29, 1.82) is 0 Å². The standard InChI is InChI=1S/C24H30N6O2/c1-29(2)24-27-14-22(20-12-25-17-26-13-20)23(28-24)19-7-8-30(16-19)15-18-5-4-6-21(11-18)32-10-9-31-3/h4-6,11-14,17,19H,7-10,15-16H2,1-3H3/t19-/m0/s1. The van der Waals surface area contributed by atoms with Gasteiger partial charge < -0.3 is 14.4 Å². The summed E-state index contributed by atoms with van der Waals surface area (Å²) >= 11 is 0. The highest BCUT2D eigenvalue weighted by Gasteiger charge is 2.28. The fourth-order valence-electron chi connectivity index (χ4n) is 4.01. The summed E-state index contributed by atoms with van der Waals surface area (Å²) in [6.07, 6.45) is 8.15. The second-order valence-electron chi connectivity index (χ2n) is 8.20. The van der Waals surface area contributed by atoms with E-state index in [0.29, 0.717) is 19.1 Å². The minimum atomic E-state index is 0.327. The van der Waals surface area contributed by atoms with Gasteiger partial charge in [-0.15, -0.1) is 0 Å². The largest absolute Gasteiger partial charge is 0.491 e. The number of methoxy groups -OCH3 is 1. The molecule has 0 N–H and O–H groups in total. The molecule has 0 spiro atoms. The van der Waals surface area contributed by atoms with Gasteiger partial charge in [-0.25, -0.2) is 19.9 Å². The highest BCUT2D eigenvalue weighted by molar-refractivity contribution is 5.65. The lowest BCUT2D eigenvalue weighted by atomic mass is 9.97. The molecule has 1 aliphatic rings. The SMILES string of the molecule is COCCOc1cccc(CN2CC[C@H](c3nc(N(C)C)ncc3-c3cncnc3)C2)c1. The van der Waals surface area contributed by atoms with Crippen LogP contribution >= 0.6 is 0 Å². The van der Waals surface area contributed by atoms with E-state index < -0.39 is 0 Å². The van der Waals surface area contributed by atoms with Crippen LogP contribution in [0.4, 0.5) is 5.95 Å². The van der Waals surface area contributed by atoms with Crippen molar-refractivity contribution in [3.63, 3.8) is 0 Å². The van der Waals surface area contributed by atoms with Gasteiger partial charge in [0.05, 0.1) is 12.3 Å². The topological polar surface area (TPSA) is 76.5 Å². The van der Waals surface area contributed by atoms with Crippen molar-refractivity contribution in [2.75, 3.05) is 52.4 Å². The van der Waals surface area contributed by atoms with Crippen LogP contribution < -0.4 is 9.64 Å². The van der Waals surface area contributed by atoms with Gasteiger partial charge in [-0.3, -0.25) is 4.90 Å². The summed E-state index contributed by atoms with van der Waals surface area (Å²) in [5.41, 5.74) is 4.27. The summed E-state index contributed by atoms with van der Waals surface area (Å²) in [6.45, 7) is 3.98. The Kier molecular flexibility index (Phi) is 7.24. The molecule has 32 heavy (non-hydrogen) atoms. The molecule has 168 valence electrons. The molecular weight excluding hydrogens is 404 g/mol. The molecule has 0 radical (unpaired) electrons. The number of nitrogens with zero attached hydrogens (tertiary/aromatic N) is 6. The zero-order valence-electron chi connectivity index (χ0n) is 18.9. The summed E-state index contributed by atoms with van der Waals surface area (Å²) in [5.74, 6) is 1.93. The first-order valence-electron chi connectivity index (χ1n) is 10.9. The molecule has 4 rings (SSSR count). The molecule has 1 aromatic carbocycles. The van der Waals surface area contributed by atoms with Gasteiger partial charge in [0.25, 0.3) is 0 Å². The predicted molar refractivity (Wildman–Crippen MR) is 124 cm³/mol. The molecule has 0 unspecified atom stereocenters. The van der Waals surface area contributed by atoms with E-state index in [1.807, 2.05) is 49.7 Å². The fourth-order valence-corrected chi connectivity index (χ4v) is 4.01. The average Bonchev–Trinajstić information content (AvgIpc) is 3.28. The first-order chi connectivity index (χ1) is 15.6. The molecule has 0 saturated carbocycles.